The summed E-state index contributed by atoms with van der Waals surface area (Å²) in [4.78, 5) is 17.8. The molecule has 1 aromatic carbocycles. The van der Waals surface area contributed by atoms with Crippen molar-refractivity contribution in [1.82, 2.24) is 9.97 Å². The molecule has 0 saturated carbocycles. The molecule has 0 radical (unpaired) electrons. The molecule has 0 fully saturated rings. The Balaban J connectivity index is 2.12. The standard InChI is InChI=1S/C13H12ClFN4O2/c1-8(6-9-2-4-10(15)5-3-9)17-12-11(19(20)21)7-16-13(14)18-12/h2-5,7-8H,6H2,1H3,(H,16,17,18). The molecule has 8 heteroatoms. The third-order valence-electron chi connectivity index (χ3n) is 2.78. The van der Waals surface area contributed by atoms with Gasteiger partial charge in [0.05, 0.1) is 4.92 Å². The van der Waals surface area contributed by atoms with Crippen LogP contribution >= 0.6 is 11.6 Å². The van der Waals surface area contributed by atoms with E-state index in [2.05, 4.69) is 15.3 Å². The van der Waals surface area contributed by atoms with Gasteiger partial charge in [-0.05, 0) is 42.6 Å². The lowest BCUT2D eigenvalue weighted by Gasteiger charge is -2.14. The van der Waals surface area contributed by atoms with Crippen molar-refractivity contribution < 1.29 is 9.31 Å². The van der Waals surface area contributed by atoms with Crippen LogP contribution in [0.1, 0.15) is 12.5 Å². The van der Waals surface area contributed by atoms with Gasteiger partial charge >= 0.3 is 5.69 Å². The van der Waals surface area contributed by atoms with Crippen molar-refractivity contribution in [3.8, 4) is 0 Å². The van der Waals surface area contributed by atoms with E-state index in [0.29, 0.717) is 6.42 Å². The van der Waals surface area contributed by atoms with Crippen molar-refractivity contribution in [3.63, 3.8) is 0 Å². The molecule has 1 atom stereocenters. The molecular weight excluding hydrogens is 299 g/mol. The fraction of sp³-hybridized carbons (Fsp3) is 0.231. The smallest absolute Gasteiger partial charge is 0.329 e. The van der Waals surface area contributed by atoms with Crippen molar-refractivity contribution in [2.45, 2.75) is 19.4 Å². The van der Waals surface area contributed by atoms with E-state index < -0.39 is 4.92 Å². The summed E-state index contributed by atoms with van der Waals surface area (Å²) in [5, 5.41) is 13.8. The Kier molecular flexibility index (Phi) is 4.64. The average molecular weight is 311 g/mol. The molecular formula is C13H12ClFN4O2. The van der Waals surface area contributed by atoms with Crippen LogP contribution in [0.25, 0.3) is 0 Å². The van der Waals surface area contributed by atoms with Crippen LogP contribution in [0, 0.1) is 15.9 Å². The molecule has 1 heterocycles. The maximum Gasteiger partial charge on any atom is 0.329 e. The van der Waals surface area contributed by atoms with Gasteiger partial charge in [0.25, 0.3) is 0 Å². The van der Waals surface area contributed by atoms with Gasteiger partial charge in [-0.1, -0.05) is 12.1 Å². The summed E-state index contributed by atoms with van der Waals surface area (Å²) in [7, 11) is 0. The summed E-state index contributed by atoms with van der Waals surface area (Å²) in [6, 6.07) is 5.90. The second-order valence-electron chi connectivity index (χ2n) is 4.51. The number of aromatic nitrogens is 2. The molecule has 0 aliphatic rings. The number of rotatable bonds is 5. The quantitative estimate of drug-likeness (QED) is 0.521. The number of halogens is 2. The molecule has 0 spiro atoms. The van der Waals surface area contributed by atoms with E-state index in [4.69, 9.17) is 11.6 Å². The summed E-state index contributed by atoms with van der Waals surface area (Å²) >= 11 is 5.66. The minimum Gasteiger partial charge on any atom is -0.361 e. The molecule has 0 aliphatic heterocycles. The van der Waals surface area contributed by atoms with Gasteiger partial charge in [-0.3, -0.25) is 10.1 Å². The minimum atomic E-state index is -0.580. The summed E-state index contributed by atoms with van der Waals surface area (Å²) in [6.07, 6.45) is 1.61. The van der Waals surface area contributed by atoms with Gasteiger partial charge in [0, 0.05) is 6.04 Å². The predicted molar refractivity (Wildman–Crippen MR) is 76.9 cm³/mol. The monoisotopic (exact) mass is 310 g/mol. The molecule has 0 bridgehead atoms. The molecule has 0 saturated heterocycles. The van der Waals surface area contributed by atoms with Gasteiger partial charge in [-0.15, -0.1) is 0 Å². The van der Waals surface area contributed by atoms with Crippen LogP contribution in [0.15, 0.2) is 30.5 Å². The summed E-state index contributed by atoms with van der Waals surface area (Å²) < 4.78 is 12.8. The fourth-order valence-electron chi connectivity index (χ4n) is 1.85. The van der Waals surface area contributed by atoms with Gasteiger partial charge in [-0.2, -0.15) is 4.98 Å². The first-order valence-electron chi connectivity index (χ1n) is 6.13. The number of anilines is 1. The lowest BCUT2D eigenvalue weighted by atomic mass is 10.1. The number of hydrogen-bond donors (Lipinski definition) is 1. The zero-order chi connectivity index (χ0) is 15.4. The van der Waals surface area contributed by atoms with E-state index in [1.807, 2.05) is 6.92 Å². The largest absolute Gasteiger partial charge is 0.361 e. The zero-order valence-corrected chi connectivity index (χ0v) is 11.8. The van der Waals surface area contributed by atoms with Crippen molar-refractivity contribution >= 4 is 23.1 Å². The number of benzene rings is 1. The SMILES string of the molecule is CC(Cc1ccc(F)cc1)Nc1nc(Cl)ncc1[N+](=O)[O-]. The highest BCUT2D eigenvalue weighted by atomic mass is 35.5. The summed E-state index contributed by atoms with van der Waals surface area (Å²) in [6.45, 7) is 1.84. The Hall–Kier alpha value is -2.28. The van der Waals surface area contributed by atoms with Gasteiger partial charge in [-0.25, -0.2) is 9.37 Å². The number of nitrogens with one attached hydrogen (secondary N) is 1. The van der Waals surface area contributed by atoms with Crippen LogP contribution < -0.4 is 5.32 Å². The first-order valence-corrected chi connectivity index (χ1v) is 6.51. The van der Waals surface area contributed by atoms with E-state index in [0.717, 1.165) is 11.8 Å². The third-order valence-corrected chi connectivity index (χ3v) is 2.96. The molecule has 1 N–H and O–H groups in total. The molecule has 110 valence electrons. The van der Waals surface area contributed by atoms with Crippen LogP contribution in [0.5, 0.6) is 0 Å². The van der Waals surface area contributed by atoms with Gasteiger partial charge < -0.3 is 5.32 Å². The van der Waals surface area contributed by atoms with Crippen LogP contribution in [0.2, 0.25) is 5.28 Å². The predicted octanol–water partition coefficient (Wildman–Crippen LogP) is 3.22. The van der Waals surface area contributed by atoms with E-state index >= 15 is 0 Å². The second-order valence-corrected chi connectivity index (χ2v) is 4.84. The van der Waals surface area contributed by atoms with Crippen molar-refractivity contribution in [3.05, 3.63) is 57.2 Å². The molecule has 1 unspecified atom stereocenters. The maximum absolute atomic E-state index is 12.8. The highest BCUT2D eigenvalue weighted by Crippen LogP contribution is 2.23. The molecule has 0 amide bonds. The number of nitrogens with zero attached hydrogens (tertiary/aromatic N) is 3. The molecule has 2 aromatic rings. The minimum absolute atomic E-state index is 0.0645. The average Bonchev–Trinajstić information content (AvgIpc) is 2.41. The maximum atomic E-state index is 12.8. The third kappa shape index (κ3) is 4.09. The van der Waals surface area contributed by atoms with E-state index in [-0.39, 0.29) is 28.6 Å². The Labute approximate surface area is 125 Å². The Morgan fingerprint density at radius 1 is 1.43 bits per heavy atom. The van der Waals surface area contributed by atoms with Crippen molar-refractivity contribution in [1.29, 1.82) is 0 Å². The molecule has 21 heavy (non-hydrogen) atoms. The molecule has 2 rings (SSSR count). The Bertz CT molecular complexity index is 651. The Morgan fingerprint density at radius 3 is 2.71 bits per heavy atom. The highest BCUT2D eigenvalue weighted by molar-refractivity contribution is 6.28. The molecule has 6 nitrogen and oxygen atoms in total. The first-order chi connectivity index (χ1) is 9.95. The van der Waals surface area contributed by atoms with Crippen molar-refractivity contribution in [2.75, 3.05) is 5.32 Å². The number of hydrogen-bond acceptors (Lipinski definition) is 5. The van der Waals surface area contributed by atoms with Crippen LogP contribution in [-0.4, -0.2) is 20.9 Å². The second kappa shape index (κ2) is 6.45. The highest BCUT2D eigenvalue weighted by Gasteiger charge is 2.18. The Morgan fingerprint density at radius 2 is 2.10 bits per heavy atom. The van der Waals surface area contributed by atoms with E-state index in [9.17, 15) is 14.5 Å². The van der Waals surface area contributed by atoms with Gasteiger partial charge in [0.15, 0.2) is 0 Å². The normalized spacial score (nSPS) is 12.0. The van der Waals surface area contributed by atoms with Crippen molar-refractivity contribution in [2.24, 2.45) is 0 Å². The van der Waals surface area contributed by atoms with E-state index in [1.54, 1.807) is 12.1 Å². The fourth-order valence-corrected chi connectivity index (χ4v) is 1.99. The summed E-state index contributed by atoms with van der Waals surface area (Å²) in [5.41, 5.74) is 0.657. The van der Waals surface area contributed by atoms with Crippen LogP contribution in [0.4, 0.5) is 15.9 Å². The molecule has 1 aromatic heterocycles. The zero-order valence-electron chi connectivity index (χ0n) is 11.1. The lowest BCUT2D eigenvalue weighted by Crippen LogP contribution is -2.20. The number of nitro groups is 1. The topological polar surface area (TPSA) is 81.0 Å². The van der Waals surface area contributed by atoms with E-state index in [1.165, 1.54) is 12.1 Å². The molecule has 0 aliphatic carbocycles. The van der Waals surface area contributed by atoms with Gasteiger partial charge in [0.1, 0.15) is 12.0 Å². The summed E-state index contributed by atoms with van der Waals surface area (Å²) in [5.74, 6) is -0.243. The lowest BCUT2D eigenvalue weighted by molar-refractivity contribution is -0.384. The van der Waals surface area contributed by atoms with Crippen LogP contribution in [0.3, 0.4) is 0 Å². The van der Waals surface area contributed by atoms with Crippen LogP contribution in [-0.2, 0) is 6.42 Å². The first kappa shape index (κ1) is 15.1. The van der Waals surface area contributed by atoms with Gasteiger partial charge in [0.2, 0.25) is 11.1 Å².